The molecule has 0 bridgehead atoms. The fourth-order valence-electron chi connectivity index (χ4n) is 2.08. The van der Waals surface area contributed by atoms with Crippen molar-refractivity contribution in [3.8, 4) is 5.75 Å². The Morgan fingerprint density at radius 1 is 1.41 bits per heavy atom. The number of hydrogen-bond acceptors (Lipinski definition) is 2. The minimum atomic E-state index is -0.467. The second-order valence-corrected chi connectivity index (χ2v) is 4.74. The van der Waals surface area contributed by atoms with Gasteiger partial charge in [0.2, 0.25) is 0 Å². The molecule has 2 nitrogen and oxygen atoms in total. The highest BCUT2D eigenvalue weighted by Crippen LogP contribution is 2.24. The van der Waals surface area contributed by atoms with Crippen LogP contribution in [0.5, 0.6) is 5.75 Å². The molecular formula is C13H17ClFNO. The van der Waals surface area contributed by atoms with Gasteiger partial charge in [0.1, 0.15) is 0 Å². The van der Waals surface area contributed by atoms with Crippen molar-refractivity contribution in [1.82, 2.24) is 5.32 Å². The predicted molar refractivity (Wildman–Crippen MR) is 67.2 cm³/mol. The maximum atomic E-state index is 13.5. The smallest absolute Gasteiger partial charge is 0.183 e. The minimum absolute atomic E-state index is 0.110. The molecule has 0 aliphatic carbocycles. The van der Waals surface area contributed by atoms with Crippen LogP contribution in [0.2, 0.25) is 5.02 Å². The quantitative estimate of drug-likeness (QED) is 0.893. The monoisotopic (exact) mass is 257 g/mol. The van der Waals surface area contributed by atoms with Crippen LogP contribution >= 0.6 is 11.6 Å². The van der Waals surface area contributed by atoms with E-state index in [1.807, 2.05) is 0 Å². The summed E-state index contributed by atoms with van der Waals surface area (Å²) in [6, 6.07) is 5.33. The van der Waals surface area contributed by atoms with Crippen LogP contribution in [0, 0.1) is 5.82 Å². The summed E-state index contributed by atoms with van der Waals surface area (Å²) in [4.78, 5) is 0. The Balaban J connectivity index is 1.79. The minimum Gasteiger partial charge on any atom is -0.490 e. The summed E-state index contributed by atoms with van der Waals surface area (Å²) < 4.78 is 18.9. The van der Waals surface area contributed by atoms with Gasteiger partial charge in [0.05, 0.1) is 11.6 Å². The first-order chi connectivity index (χ1) is 8.27. The van der Waals surface area contributed by atoms with Gasteiger partial charge in [-0.3, -0.25) is 0 Å². The largest absolute Gasteiger partial charge is 0.490 e. The molecule has 4 heteroatoms. The standard InChI is InChI=1S/C13H17ClFNO/c14-11-5-3-6-12(13(11)15)17-9-7-10-4-1-2-8-16-10/h3,5-6,10,16H,1-2,4,7-9H2. The van der Waals surface area contributed by atoms with Crippen molar-refractivity contribution >= 4 is 11.6 Å². The van der Waals surface area contributed by atoms with Gasteiger partial charge < -0.3 is 10.1 Å². The Kier molecular flexibility index (Phi) is 4.63. The molecule has 94 valence electrons. The summed E-state index contributed by atoms with van der Waals surface area (Å²) in [5.74, 6) is -0.223. The maximum absolute atomic E-state index is 13.5. The molecular weight excluding hydrogens is 241 g/mol. The molecule has 0 aromatic heterocycles. The molecule has 1 fully saturated rings. The fraction of sp³-hybridized carbons (Fsp3) is 0.538. The Labute approximate surface area is 106 Å². The van der Waals surface area contributed by atoms with E-state index in [0.29, 0.717) is 12.6 Å². The number of ether oxygens (including phenoxy) is 1. The van der Waals surface area contributed by atoms with E-state index in [2.05, 4.69) is 5.32 Å². The second-order valence-electron chi connectivity index (χ2n) is 4.34. The molecule has 1 unspecified atom stereocenters. The zero-order chi connectivity index (χ0) is 12.1. The molecule has 0 amide bonds. The van der Waals surface area contributed by atoms with Crippen LogP contribution in [0.1, 0.15) is 25.7 Å². The highest BCUT2D eigenvalue weighted by molar-refractivity contribution is 6.30. The van der Waals surface area contributed by atoms with Gasteiger partial charge in [0.15, 0.2) is 11.6 Å². The average molecular weight is 258 g/mol. The van der Waals surface area contributed by atoms with Crippen LogP contribution in [0.15, 0.2) is 18.2 Å². The SMILES string of the molecule is Fc1c(Cl)cccc1OCCC1CCCCN1. The van der Waals surface area contributed by atoms with Gasteiger partial charge in [-0.05, 0) is 37.9 Å². The van der Waals surface area contributed by atoms with Crippen LogP contribution in [-0.4, -0.2) is 19.2 Å². The van der Waals surface area contributed by atoms with Crippen molar-refractivity contribution in [1.29, 1.82) is 0 Å². The van der Waals surface area contributed by atoms with E-state index < -0.39 is 5.82 Å². The third kappa shape index (κ3) is 3.58. The van der Waals surface area contributed by atoms with Crippen LogP contribution < -0.4 is 10.1 Å². The predicted octanol–water partition coefficient (Wildman–Crippen LogP) is 3.39. The summed E-state index contributed by atoms with van der Waals surface area (Å²) in [5, 5.41) is 3.54. The van der Waals surface area contributed by atoms with E-state index in [1.165, 1.54) is 25.3 Å². The first kappa shape index (κ1) is 12.7. The van der Waals surface area contributed by atoms with Crippen molar-refractivity contribution < 1.29 is 9.13 Å². The molecule has 1 heterocycles. The topological polar surface area (TPSA) is 21.3 Å². The summed E-state index contributed by atoms with van der Waals surface area (Å²) in [7, 11) is 0. The number of nitrogens with one attached hydrogen (secondary N) is 1. The lowest BCUT2D eigenvalue weighted by Gasteiger charge is -2.23. The molecule has 0 radical (unpaired) electrons. The van der Waals surface area contributed by atoms with Crippen molar-refractivity contribution in [2.75, 3.05) is 13.2 Å². The molecule has 17 heavy (non-hydrogen) atoms. The van der Waals surface area contributed by atoms with Gasteiger partial charge in [-0.1, -0.05) is 24.1 Å². The molecule has 1 aromatic rings. The van der Waals surface area contributed by atoms with Gasteiger partial charge in [-0.15, -0.1) is 0 Å². The molecule has 1 saturated heterocycles. The summed E-state index contributed by atoms with van der Waals surface area (Å²) in [6.45, 7) is 1.60. The number of piperidine rings is 1. The van der Waals surface area contributed by atoms with Crippen molar-refractivity contribution in [2.24, 2.45) is 0 Å². The average Bonchev–Trinajstić information content (AvgIpc) is 2.36. The lowest BCUT2D eigenvalue weighted by atomic mass is 10.0. The zero-order valence-corrected chi connectivity index (χ0v) is 10.5. The van der Waals surface area contributed by atoms with Gasteiger partial charge in [-0.2, -0.15) is 0 Å². The van der Waals surface area contributed by atoms with Gasteiger partial charge in [0.25, 0.3) is 0 Å². The fourth-order valence-corrected chi connectivity index (χ4v) is 2.24. The number of rotatable bonds is 4. The Morgan fingerprint density at radius 2 is 2.29 bits per heavy atom. The highest BCUT2D eigenvalue weighted by atomic mass is 35.5. The van der Waals surface area contributed by atoms with E-state index in [4.69, 9.17) is 16.3 Å². The first-order valence-electron chi connectivity index (χ1n) is 6.07. The van der Waals surface area contributed by atoms with Crippen LogP contribution in [0.3, 0.4) is 0 Å². The Bertz CT molecular complexity index is 366. The van der Waals surface area contributed by atoms with Gasteiger partial charge in [0, 0.05) is 6.04 Å². The van der Waals surface area contributed by atoms with E-state index in [-0.39, 0.29) is 10.8 Å². The van der Waals surface area contributed by atoms with Crippen molar-refractivity contribution in [2.45, 2.75) is 31.7 Å². The van der Waals surface area contributed by atoms with E-state index in [9.17, 15) is 4.39 Å². The lowest BCUT2D eigenvalue weighted by Crippen LogP contribution is -2.35. The summed E-state index contributed by atoms with van der Waals surface area (Å²) in [5.41, 5.74) is 0. The van der Waals surface area contributed by atoms with Gasteiger partial charge >= 0.3 is 0 Å². The third-order valence-electron chi connectivity index (χ3n) is 3.05. The molecule has 1 atom stereocenters. The number of halogens is 2. The zero-order valence-electron chi connectivity index (χ0n) is 9.72. The molecule has 0 saturated carbocycles. The molecule has 1 aromatic carbocycles. The van der Waals surface area contributed by atoms with Crippen LogP contribution in [0.25, 0.3) is 0 Å². The van der Waals surface area contributed by atoms with E-state index in [1.54, 1.807) is 12.1 Å². The van der Waals surface area contributed by atoms with Gasteiger partial charge in [-0.25, -0.2) is 4.39 Å². The second kappa shape index (κ2) is 6.22. The third-order valence-corrected chi connectivity index (χ3v) is 3.34. The number of benzene rings is 1. The first-order valence-corrected chi connectivity index (χ1v) is 6.45. The molecule has 1 aliphatic heterocycles. The molecule has 1 N–H and O–H groups in total. The van der Waals surface area contributed by atoms with Crippen LogP contribution in [-0.2, 0) is 0 Å². The summed E-state index contributed by atoms with van der Waals surface area (Å²) >= 11 is 5.67. The maximum Gasteiger partial charge on any atom is 0.183 e. The molecule has 0 spiro atoms. The van der Waals surface area contributed by atoms with Crippen molar-refractivity contribution in [3.63, 3.8) is 0 Å². The molecule has 2 rings (SSSR count). The van der Waals surface area contributed by atoms with E-state index >= 15 is 0 Å². The van der Waals surface area contributed by atoms with Crippen molar-refractivity contribution in [3.05, 3.63) is 29.0 Å². The number of hydrogen-bond donors (Lipinski definition) is 1. The Hall–Kier alpha value is -0.800. The normalized spacial score (nSPS) is 20.2. The summed E-state index contributed by atoms with van der Waals surface area (Å²) in [6.07, 6.45) is 4.61. The molecule has 1 aliphatic rings. The Morgan fingerprint density at radius 3 is 3.06 bits per heavy atom. The van der Waals surface area contributed by atoms with Crippen LogP contribution in [0.4, 0.5) is 4.39 Å². The highest BCUT2D eigenvalue weighted by Gasteiger charge is 2.13. The lowest BCUT2D eigenvalue weighted by molar-refractivity contribution is 0.259. The van der Waals surface area contributed by atoms with E-state index in [0.717, 1.165) is 13.0 Å².